The molecule has 0 bridgehead atoms. The Kier molecular flexibility index (Phi) is 4.65. The fourth-order valence-electron chi connectivity index (χ4n) is 2.48. The number of hydrogen-bond donors (Lipinski definition) is 4. The lowest BCUT2D eigenvalue weighted by atomic mass is 9.82. The first kappa shape index (κ1) is 17.5. The number of carbonyl (C=O) groups is 2. The SMILES string of the molecule is CC1(C)Cc2ccc(Nc3ncnc(NCCC(=O)O)n3)nc2NC1=O. The number of fused-ring (bicyclic) bond motifs is 1. The topological polar surface area (TPSA) is 142 Å². The normalized spacial score (nSPS) is 14.9. The second kappa shape index (κ2) is 6.90. The van der Waals surface area contributed by atoms with Crippen molar-refractivity contribution in [1.29, 1.82) is 0 Å². The van der Waals surface area contributed by atoms with Crippen LogP contribution in [0.5, 0.6) is 0 Å². The molecular formula is C16H19N7O3. The lowest BCUT2D eigenvalue weighted by Gasteiger charge is -2.29. The number of amides is 1. The van der Waals surface area contributed by atoms with Crippen molar-refractivity contribution >= 4 is 35.4 Å². The van der Waals surface area contributed by atoms with Gasteiger partial charge in [0.15, 0.2) is 0 Å². The summed E-state index contributed by atoms with van der Waals surface area (Å²) >= 11 is 0. The van der Waals surface area contributed by atoms with Gasteiger partial charge in [0.25, 0.3) is 0 Å². The van der Waals surface area contributed by atoms with Crippen molar-refractivity contribution in [3.8, 4) is 0 Å². The third-order valence-corrected chi connectivity index (χ3v) is 3.89. The van der Waals surface area contributed by atoms with Crippen LogP contribution in [-0.4, -0.2) is 43.5 Å². The molecule has 2 aromatic rings. The van der Waals surface area contributed by atoms with Gasteiger partial charge >= 0.3 is 5.97 Å². The second-order valence-corrected chi connectivity index (χ2v) is 6.55. The molecule has 2 aromatic heterocycles. The van der Waals surface area contributed by atoms with Gasteiger partial charge in [-0.2, -0.15) is 4.98 Å². The summed E-state index contributed by atoms with van der Waals surface area (Å²) in [7, 11) is 0. The van der Waals surface area contributed by atoms with Crippen LogP contribution in [-0.2, 0) is 16.0 Å². The third kappa shape index (κ3) is 4.02. The zero-order valence-electron chi connectivity index (χ0n) is 14.4. The summed E-state index contributed by atoms with van der Waals surface area (Å²) in [5.41, 5.74) is 0.501. The Hall–Kier alpha value is -3.30. The van der Waals surface area contributed by atoms with Crippen LogP contribution in [0.1, 0.15) is 25.8 Å². The average Bonchev–Trinajstić information content (AvgIpc) is 2.56. The first-order chi connectivity index (χ1) is 12.3. The minimum absolute atomic E-state index is 0.0448. The van der Waals surface area contributed by atoms with Gasteiger partial charge in [-0.15, -0.1) is 0 Å². The molecule has 3 heterocycles. The number of anilines is 4. The Balaban J connectivity index is 1.71. The Morgan fingerprint density at radius 3 is 2.81 bits per heavy atom. The second-order valence-electron chi connectivity index (χ2n) is 6.55. The van der Waals surface area contributed by atoms with Gasteiger partial charge in [0.1, 0.15) is 18.0 Å². The summed E-state index contributed by atoms with van der Waals surface area (Å²) in [6.45, 7) is 3.99. The summed E-state index contributed by atoms with van der Waals surface area (Å²) in [6, 6.07) is 3.69. The van der Waals surface area contributed by atoms with Crippen LogP contribution in [0.25, 0.3) is 0 Å². The maximum absolute atomic E-state index is 12.1. The largest absolute Gasteiger partial charge is 0.481 e. The fourth-order valence-corrected chi connectivity index (χ4v) is 2.48. The van der Waals surface area contributed by atoms with E-state index in [9.17, 15) is 9.59 Å². The van der Waals surface area contributed by atoms with Crippen LogP contribution in [0, 0.1) is 5.41 Å². The maximum Gasteiger partial charge on any atom is 0.305 e. The molecule has 4 N–H and O–H groups in total. The Morgan fingerprint density at radius 2 is 2.04 bits per heavy atom. The van der Waals surface area contributed by atoms with Crippen molar-refractivity contribution in [2.24, 2.45) is 5.41 Å². The van der Waals surface area contributed by atoms with E-state index in [2.05, 4.69) is 35.9 Å². The van der Waals surface area contributed by atoms with E-state index in [-0.39, 0.29) is 30.8 Å². The molecule has 1 aliphatic heterocycles. The molecular weight excluding hydrogens is 338 g/mol. The molecule has 0 spiro atoms. The minimum Gasteiger partial charge on any atom is -0.481 e. The molecule has 1 amide bonds. The number of aliphatic carboxylic acids is 1. The van der Waals surface area contributed by atoms with Gasteiger partial charge in [0, 0.05) is 12.0 Å². The van der Waals surface area contributed by atoms with E-state index >= 15 is 0 Å². The van der Waals surface area contributed by atoms with Gasteiger partial charge in [-0.05, 0) is 18.1 Å². The number of nitrogens with one attached hydrogen (secondary N) is 3. The molecule has 0 aliphatic carbocycles. The number of carboxylic acids is 1. The molecule has 0 aromatic carbocycles. The lowest BCUT2D eigenvalue weighted by Crippen LogP contribution is -2.37. The van der Waals surface area contributed by atoms with Crippen molar-refractivity contribution < 1.29 is 14.7 Å². The maximum atomic E-state index is 12.1. The van der Waals surface area contributed by atoms with Gasteiger partial charge in [0.2, 0.25) is 17.8 Å². The van der Waals surface area contributed by atoms with Crippen LogP contribution in [0.3, 0.4) is 0 Å². The van der Waals surface area contributed by atoms with E-state index < -0.39 is 11.4 Å². The molecule has 0 saturated carbocycles. The predicted molar refractivity (Wildman–Crippen MR) is 94.2 cm³/mol. The van der Waals surface area contributed by atoms with Crippen LogP contribution in [0.15, 0.2) is 18.5 Å². The highest BCUT2D eigenvalue weighted by molar-refractivity contribution is 5.97. The number of nitrogens with zero attached hydrogens (tertiary/aromatic N) is 4. The molecule has 0 atom stereocenters. The van der Waals surface area contributed by atoms with E-state index in [1.165, 1.54) is 6.33 Å². The van der Waals surface area contributed by atoms with Crippen molar-refractivity contribution in [2.45, 2.75) is 26.7 Å². The van der Waals surface area contributed by atoms with Gasteiger partial charge in [-0.3, -0.25) is 9.59 Å². The number of pyridine rings is 1. The number of rotatable bonds is 6. The molecule has 1 aliphatic rings. The van der Waals surface area contributed by atoms with Crippen molar-refractivity contribution in [3.05, 3.63) is 24.0 Å². The highest BCUT2D eigenvalue weighted by atomic mass is 16.4. The van der Waals surface area contributed by atoms with Crippen LogP contribution < -0.4 is 16.0 Å². The quantitative estimate of drug-likeness (QED) is 0.603. The molecule has 0 saturated heterocycles. The van der Waals surface area contributed by atoms with Gasteiger partial charge in [0.05, 0.1) is 6.42 Å². The van der Waals surface area contributed by atoms with E-state index in [0.29, 0.717) is 18.1 Å². The van der Waals surface area contributed by atoms with Crippen molar-refractivity contribution in [2.75, 3.05) is 22.5 Å². The molecule has 0 unspecified atom stereocenters. The highest BCUT2D eigenvalue weighted by Crippen LogP contribution is 2.32. The van der Waals surface area contributed by atoms with Crippen LogP contribution >= 0.6 is 0 Å². The summed E-state index contributed by atoms with van der Waals surface area (Å²) < 4.78 is 0. The molecule has 0 fully saturated rings. The molecule has 10 heteroatoms. The predicted octanol–water partition coefficient (Wildman–Crippen LogP) is 1.42. The Morgan fingerprint density at radius 1 is 1.27 bits per heavy atom. The van der Waals surface area contributed by atoms with E-state index in [0.717, 1.165) is 5.56 Å². The molecule has 26 heavy (non-hydrogen) atoms. The number of hydrogen-bond acceptors (Lipinski definition) is 8. The van der Waals surface area contributed by atoms with Crippen molar-refractivity contribution in [1.82, 2.24) is 19.9 Å². The van der Waals surface area contributed by atoms with Gasteiger partial charge in [-0.25, -0.2) is 15.0 Å². The number of aromatic nitrogens is 4. The third-order valence-electron chi connectivity index (χ3n) is 3.89. The zero-order chi connectivity index (χ0) is 18.7. The fraction of sp³-hybridized carbons (Fsp3) is 0.375. The van der Waals surface area contributed by atoms with Gasteiger partial charge < -0.3 is 21.1 Å². The molecule has 3 rings (SSSR count). The van der Waals surface area contributed by atoms with E-state index in [1.54, 1.807) is 6.07 Å². The highest BCUT2D eigenvalue weighted by Gasteiger charge is 2.34. The first-order valence-electron chi connectivity index (χ1n) is 8.06. The zero-order valence-corrected chi connectivity index (χ0v) is 14.4. The van der Waals surface area contributed by atoms with Crippen molar-refractivity contribution in [3.63, 3.8) is 0 Å². The van der Waals surface area contributed by atoms with Crippen LogP contribution in [0.2, 0.25) is 0 Å². The first-order valence-corrected chi connectivity index (χ1v) is 8.06. The molecule has 136 valence electrons. The minimum atomic E-state index is -0.909. The number of carbonyl (C=O) groups excluding carboxylic acids is 1. The average molecular weight is 357 g/mol. The van der Waals surface area contributed by atoms with Crippen LogP contribution in [0.4, 0.5) is 23.5 Å². The Bertz CT molecular complexity index is 853. The summed E-state index contributed by atoms with van der Waals surface area (Å²) in [5.74, 6) is 0.539. The summed E-state index contributed by atoms with van der Waals surface area (Å²) in [5, 5.41) is 17.2. The monoisotopic (exact) mass is 357 g/mol. The lowest BCUT2D eigenvalue weighted by molar-refractivity contribution is -0.136. The smallest absolute Gasteiger partial charge is 0.305 e. The molecule has 10 nitrogen and oxygen atoms in total. The Labute approximate surface area is 149 Å². The standard InChI is InChI=1S/C16H19N7O3/c1-16(2)7-9-3-4-10(20-12(9)22-13(16)26)21-15-19-8-18-14(23-15)17-6-5-11(24)25/h3-4,8H,5-7H2,1-2H3,(H,24,25)(H3,17,18,19,20,21,22,23,26). The number of carboxylic acid groups (broad SMARTS) is 1. The summed E-state index contributed by atoms with van der Waals surface area (Å²) in [6.07, 6.45) is 1.88. The molecule has 0 radical (unpaired) electrons. The van der Waals surface area contributed by atoms with E-state index in [1.807, 2.05) is 19.9 Å². The van der Waals surface area contributed by atoms with Gasteiger partial charge in [-0.1, -0.05) is 19.9 Å². The van der Waals surface area contributed by atoms with E-state index in [4.69, 9.17) is 5.11 Å². The summed E-state index contributed by atoms with van der Waals surface area (Å²) in [4.78, 5) is 39.1.